The second-order valence-corrected chi connectivity index (χ2v) is 2.03. The Kier molecular flexibility index (Phi) is 7.05. The van der Waals surface area contributed by atoms with Crippen LogP contribution in [0.3, 0.4) is 0 Å². The number of halogens is 2. The molecule has 0 spiro atoms. The zero-order chi connectivity index (χ0) is 10.8. The highest BCUT2D eigenvalue weighted by molar-refractivity contribution is 5.58. The van der Waals surface area contributed by atoms with Crippen molar-refractivity contribution in [1.29, 1.82) is 0 Å². The van der Waals surface area contributed by atoms with E-state index in [-0.39, 0.29) is 26.1 Å². The average molecular weight is 206 g/mol. The lowest BCUT2D eigenvalue weighted by atomic mass is 10.4. The number of carbonyl (C=O) groups excluding carboxylic acids is 2. The van der Waals surface area contributed by atoms with Crippen LogP contribution in [0.5, 0.6) is 0 Å². The molecule has 4 nitrogen and oxygen atoms in total. The lowest BCUT2D eigenvalue weighted by molar-refractivity contribution is 0.121. The maximum Gasteiger partial charge on any atom is 0.495 e. The fourth-order valence-electron chi connectivity index (χ4n) is 0.541. The Morgan fingerprint density at radius 2 is 1.29 bits per heavy atom. The summed E-state index contributed by atoms with van der Waals surface area (Å²) in [5.74, 6) is 5.01. The van der Waals surface area contributed by atoms with Crippen molar-refractivity contribution in [2.45, 2.75) is 12.8 Å². The zero-order valence-corrected chi connectivity index (χ0v) is 7.22. The minimum Gasteiger partial charge on any atom is -0.439 e. The number of rotatable bonds is 4. The van der Waals surface area contributed by atoms with E-state index in [0.717, 1.165) is 0 Å². The highest BCUT2D eigenvalue weighted by atomic mass is 19.2. The molecule has 0 saturated carbocycles. The quantitative estimate of drug-likeness (QED) is 0.401. The molecule has 0 aromatic rings. The first-order valence-electron chi connectivity index (χ1n) is 3.73. The van der Waals surface area contributed by atoms with Crippen LogP contribution in [0.1, 0.15) is 12.8 Å². The Hall–Kier alpha value is -1.64. The molecule has 78 valence electrons. The number of ether oxygens (including phenoxy) is 2. The molecule has 0 amide bonds. The molecule has 0 aromatic heterocycles. The summed E-state index contributed by atoms with van der Waals surface area (Å²) in [6.45, 7) is -0.267. The van der Waals surface area contributed by atoms with Gasteiger partial charge in [-0.15, -0.1) is 8.78 Å². The monoisotopic (exact) mass is 206 g/mol. The van der Waals surface area contributed by atoms with Crippen molar-refractivity contribution >= 4 is 12.4 Å². The molecule has 0 unspecified atom stereocenters. The molecule has 0 aromatic carbocycles. The SMILES string of the molecule is O=C(F)OCCC#CCCOC(=O)F. The van der Waals surface area contributed by atoms with E-state index >= 15 is 0 Å². The van der Waals surface area contributed by atoms with Crippen LogP contribution >= 0.6 is 0 Å². The van der Waals surface area contributed by atoms with E-state index in [1.807, 2.05) is 0 Å². The maximum atomic E-state index is 11.4. The summed E-state index contributed by atoms with van der Waals surface area (Å²) >= 11 is 0. The molecule has 0 saturated heterocycles. The van der Waals surface area contributed by atoms with Gasteiger partial charge < -0.3 is 9.47 Å². The molecule has 0 N–H and O–H groups in total. The molecule has 0 bridgehead atoms. The van der Waals surface area contributed by atoms with E-state index in [4.69, 9.17) is 0 Å². The molecule has 0 heterocycles. The summed E-state index contributed by atoms with van der Waals surface area (Å²) in [7, 11) is 0. The van der Waals surface area contributed by atoms with Crippen molar-refractivity contribution in [3.8, 4) is 11.8 Å². The van der Waals surface area contributed by atoms with Crippen LogP contribution in [-0.4, -0.2) is 25.7 Å². The molecule has 0 atom stereocenters. The first-order valence-corrected chi connectivity index (χ1v) is 3.73. The predicted molar refractivity (Wildman–Crippen MR) is 41.9 cm³/mol. The largest absolute Gasteiger partial charge is 0.495 e. The smallest absolute Gasteiger partial charge is 0.439 e. The molecule has 6 heteroatoms. The third kappa shape index (κ3) is 10.4. The third-order valence-corrected chi connectivity index (χ3v) is 1.01. The van der Waals surface area contributed by atoms with Gasteiger partial charge in [-0.25, -0.2) is 9.59 Å². The van der Waals surface area contributed by atoms with Gasteiger partial charge in [-0.05, 0) is 0 Å². The van der Waals surface area contributed by atoms with Crippen LogP contribution in [0.25, 0.3) is 0 Å². The minimum absolute atomic E-state index is 0.134. The van der Waals surface area contributed by atoms with Crippen LogP contribution in [0, 0.1) is 11.8 Å². The van der Waals surface area contributed by atoms with Gasteiger partial charge in [-0.3, -0.25) is 0 Å². The second kappa shape index (κ2) is 7.98. The van der Waals surface area contributed by atoms with Gasteiger partial charge in [0.2, 0.25) is 0 Å². The first-order chi connectivity index (χ1) is 6.63. The number of hydrogen-bond donors (Lipinski definition) is 0. The summed E-state index contributed by atoms with van der Waals surface area (Å²) < 4.78 is 30.7. The van der Waals surface area contributed by atoms with Crippen LogP contribution in [-0.2, 0) is 9.47 Å². The summed E-state index contributed by atoms with van der Waals surface area (Å²) in [4.78, 5) is 19.2. The maximum absolute atomic E-state index is 11.4. The van der Waals surface area contributed by atoms with Gasteiger partial charge >= 0.3 is 12.4 Å². The molecule has 0 aliphatic rings. The number of carbonyl (C=O) groups is 2. The van der Waals surface area contributed by atoms with Crippen molar-refractivity contribution < 1.29 is 27.8 Å². The van der Waals surface area contributed by atoms with Crippen LogP contribution < -0.4 is 0 Å². The Morgan fingerprint density at radius 1 is 0.929 bits per heavy atom. The van der Waals surface area contributed by atoms with E-state index in [9.17, 15) is 18.4 Å². The normalized spacial score (nSPS) is 8.43. The lowest BCUT2D eigenvalue weighted by Gasteiger charge is -1.92. The van der Waals surface area contributed by atoms with E-state index < -0.39 is 12.4 Å². The molecule has 14 heavy (non-hydrogen) atoms. The fraction of sp³-hybridized carbons (Fsp3) is 0.500. The summed E-state index contributed by atoms with van der Waals surface area (Å²) in [5, 5.41) is 0. The average Bonchev–Trinajstić information content (AvgIpc) is 2.08. The Bertz CT molecular complexity index is 230. The Balaban J connectivity index is 3.27. The van der Waals surface area contributed by atoms with E-state index in [0.29, 0.717) is 0 Å². The third-order valence-electron chi connectivity index (χ3n) is 1.01. The van der Waals surface area contributed by atoms with Crippen LogP contribution in [0.15, 0.2) is 0 Å². The second-order valence-electron chi connectivity index (χ2n) is 2.03. The first kappa shape index (κ1) is 12.4. The number of hydrogen-bond acceptors (Lipinski definition) is 4. The molecule has 0 rings (SSSR count). The van der Waals surface area contributed by atoms with E-state index in [1.165, 1.54) is 0 Å². The van der Waals surface area contributed by atoms with Gasteiger partial charge in [0.05, 0.1) is 0 Å². The van der Waals surface area contributed by atoms with Gasteiger partial charge in [0.25, 0.3) is 0 Å². The molecule has 0 aliphatic carbocycles. The van der Waals surface area contributed by atoms with Crippen LogP contribution in [0.4, 0.5) is 18.4 Å². The Morgan fingerprint density at radius 3 is 1.57 bits per heavy atom. The Labute approximate surface area is 79.2 Å². The van der Waals surface area contributed by atoms with Gasteiger partial charge in [0.15, 0.2) is 0 Å². The predicted octanol–water partition coefficient (Wildman–Crippen LogP) is 1.98. The molecule has 0 aliphatic heterocycles. The van der Waals surface area contributed by atoms with Crippen LogP contribution in [0.2, 0.25) is 0 Å². The van der Waals surface area contributed by atoms with Gasteiger partial charge in [0.1, 0.15) is 13.2 Å². The standard InChI is InChI=1S/C8H8F2O4/c9-7(11)13-5-3-1-2-4-6-14-8(10)12/h3-6H2. The highest BCUT2D eigenvalue weighted by Crippen LogP contribution is 1.87. The lowest BCUT2D eigenvalue weighted by Crippen LogP contribution is -1.97. The zero-order valence-electron chi connectivity index (χ0n) is 7.22. The van der Waals surface area contributed by atoms with E-state index in [1.54, 1.807) is 0 Å². The van der Waals surface area contributed by atoms with E-state index in [2.05, 4.69) is 21.3 Å². The molecular weight excluding hydrogens is 198 g/mol. The topological polar surface area (TPSA) is 52.6 Å². The van der Waals surface area contributed by atoms with Crippen molar-refractivity contribution in [3.63, 3.8) is 0 Å². The van der Waals surface area contributed by atoms with Gasteiger partial charge in [-0.1, -0.05) is 11.8 Å². The summed E-state index contributed by atoms with van der Waals surface area (Å²) in [6, 6.07) is 0. The minimum atomic E-state index is -1.85. The van der Waals surface area contributed by atoms with Crippen molar-refractivity contribution in [2.24, 2.45) is 0 Å². The molecular formula is C8H8F2O4. The molecule has 0 radical (unpaired) electrons. The highest BCUT2D eigenvalue weighted by Gasteiger charge is 1.95. The fourth-order valence-corrected chi connectivity index (χ4v) is 0.541. The molecule has 0 fully saturated rings. The van der Waals surface area contributed by atoms with Gasteiger partial charge in [0, 0.05) is 12.8 Å². The van der Waals surface area contributed by atoms with Gasteiger partial charge in [-0.2, -0.15) is 0 Å². The van der Waals surface area contributed by atoms with Crippen molar-refractivity contribution in [3.05, 3.63) is 0 Å². The van der Waals surface area contributed by atoms with Crippen molar-refractivity contribution in [1.82, 2.24) is 0 Å². The summed E-state index contributed by atoms with van der Waals surface area (Å²) in [5.41, 5.74) is 0. The van der Waals surface area contributed by atoms with Crippen molar-refractivity contribution in [2.75, 3.05) is 13.2 Å². The summed E-state index contributed by atoms with van der Waals surface area (Å²) in [6.07, 6.45) is -3.34.